The summed E-state index contributed by atoms with van der Waals surface area (Å²) >= 11 is 0. The van der Waals surface area contributed by atoms with Gasteiger partial charge in [0.25, 0.3) is 0 Å². The molecule has 18 heavy (non-hydrogen) atoms. The summed E-state index contributed by atoms with van der Waals surface area (Å²) in [5.41, 5.74) is 6.09. The number of carbonyl (C=O) groups is 1. The van der Waals surface area contributed by atoms with Crippen molar-refractivity contribution in [2.45, 2.75) is 44.3 Å². The number of hydrogen-bond donors (Lipinski definition) is 2. The first-order valence-corrected chi connectivity index (χ1v) is 5.83. The topological polar surface area (TPSA) is 91.0 Å². The zero-order valence-electron chi connectivity index (χ0n) is 11.0. The van der Waals surface area contributed by atoms with E-state index < -0.39 is 30.3 Å². The van der Waals surface area contributed by atoms with Crippen LogP contribution in [0.5, 0.6) is 0 Å². The summed E-state index contributed by atoms with van der Waals surface area (Å²) in [5, 5.41) is 9.96. The summed E-state index contributed by atoms with van der Waals surface area (Å²) in [6.07, 6.45) is -2.34. The molecule has 0 bridgehead atoms. The maximum absolute atomic E-state index is 11.3. The molecule has 0 spiro atoms. The molecule has 6 heteroatoms. The number of hydrogen-bond acceptors (Lipinski definition) is 6. The van der Waals surface area contributed by atoms with Gasteiger partial charge in [-0.15, -0.1) is 0 Å². The van der Waals surface area contributed by atoms with E-state index in [2.05, 4.69) is 6.58 Å². The van der Waals surface area contributed by atoms with Gasteiger partial charge in [-0.3, -0.25) is 0 Å². The summed E-state index contributed by atoms with van der Waals surface area (Å²) in [4.78, 5) is 11.3. The lowest BCUT2D eigenvalue weighted by Gasteiger charge is -2.41. The average Bonchev–Trinajstić information content (AvgIpc) is 2.33. The summed E-state index contributed by atoms with van der Waals surface area (Å²) in [5.74, 6) is -0.495. The lowest BCUT2D eigenvalue weighted by atomic mass is 9.94. The van der Waals surface area contributed by atoms with Crippen LogP contribution in [0.25, 0.3) is 0 Å². The van der Waals surface area contributed by atoms with E-state index in [0.29, 0.717) is 5.57 Å². The molecule has 0 aromatic heterocycles. The maximum atomic E-state index is 11.3. The minimum Gasteiger partial charge on any atom is -0.459 e. The lowest BCUT2D eigenvalue weighted by Crippen LogP contribution is -2.61. The number of aliphatic hydroxyl groups excluding tert-OH is 1. The van der Waals surface area contributed by atoms with Crippen molar-refractivity contribution in [3.8, 4) is 0 Å². The van der Waals surface area contributed by atoms with E-state index in [4.69, 9.17) is 19.9 Å². The summed E-state index contributed by atoms with van der Waals surface area (Å²) in [6.45, 7) is 6.80. The van der Waals surface area contributed by atoms with Gasteiger partial charge in [-0.25, -0.2) is 4.79 Å². The smallest absolute Gasteiger partial charge is 0.333 e. The second-order valence-corrected chi connectivity index (χ2v) is 4.53. The van der Waals surface area contributed by atoms with Gasteiger partial charge in [-0.1, -0.05) is 6.58 Å². The summed E-state index contributed by atoms with van der Waals surface area (Å²) < 4.78 is 15.8. The molecule has 0 saturated carbocycles. The van der Waals surface area contributed by atoms with Gasteiger partial charge in [0.05, 0.1) is 12.1 Å². The predicted molar refractivity (Wildman–Crippen MR) is 64.9 cm³/mol. The first-order valence-electron chi connectivity index (χ1n) is 5.83. The molecule has 1 fully saturated rings. The fourth-order valence-electron chi connectivity index (χ4n) is 1.87. The van der Waals surface area contributed by atoms with Crippen molar-refractivity contribution in [2.24, 2.45) is 5.73 Å². The molecule has 0 aromatic carbocycles. The molecule has 3 unspecified atom stereocenters. The Bertz CT molecular complexity index is 320. The van der Waals surface area contributed by atoms with Crippen LogP contribution in [0.3, 0.4) is 0 Å². The highest BCUT2D eigenvalue weighted by atomic mass is 16.6. The molecule has 0 radical (unpaired) electrons. The SMILES string of the molecule is C=C(C)C(=O)OCC1O[C@@H](C)C(N)[C@@H](O)C1OC. The largest absolute Gasteiger partial charge is 0.459 e. The molecule has 1 aliphatic rings. The van der Waals surface area contributed by atoms with Crippen LogP contribution in [0.1, 0.15) is 13.8 Å². The third kappa shape index (κ3) is 3.29. The van der Waals surface area contributed by atoms with Crippen molar-refractivity contribution < 1.29 is 24.1 Å². The van der Waals surface area contributed by atoms with Crippen LogP contribution < -0.4 is 5.73 Å². The van der Waals surface area contributed by atoms with Crippen LogP contribution in [0, 0.1) is 0 Å². The number of nitrogens with two attached hydrogens (primary N) is 1. The molecular formula is C12H21NO5. The Hall–Kier alpha value is -0.950. The van der Waals surface area contributed by atoms with E-state index in [0.717, 1.165) is 0 Å². The Morgan fingerprint density at radius 2 is 2.17 bits per heavy atom. The number of methoxy groups -OCH3 is 1. The predicted octanol–water partition coefficient (Wildman–Crippen LogP) is -0.404. The molecule has 1 saturated heterocycles. The average molecular weight is 259 g/mol. The van der Waals surface area contributed by atoms with Crippen LogP contribution in [-0.2, 0) is 19.0 Å². The van der Waals surface area contributed by atoms with Crippen LogP contribution >= 0.6 is 0 Å². The van der Waals surface area contributed by atoms with Gasteiger partial charge in [0.1, 0.15) is 24.9 Å². The lowest BCUT2D eigenvalue weighted by molar-refractivity contribution is -0.199. The van der Waals surface area contributed by atoms with Crippen molar-refractivity contribution >= 4 is 5.97 Å². The zero-order valence-corrected chi connectivity index (χ0v) is 11.0. The highest BCUT2D eigenvalue weighted by Crippen LogP contribution is 2.22. The number of rotatable bonds is 4. The Morgan fingerprint density at radius 1 is 1.56 bits per heavy atom. The van der Waals surface area contributed by atoms with Crippen molar-refractivity contribution in [3.63, 3.8) is 0 Å². The number of aliphatic hydroxyl groups is 1. The van der Waals surface area contributed by atoms with E-state index in [1.807, 2.05) is 0 Å². The van der Waals surface area contributed by atoms with E-state index in [-0.39, 0.29) is 12.7 Å². The Morgan fingerprint density at radius 3 is 2.67 bits per heavy atom. The molecule has 3 N–H and O–H groups in total. The molecule has 5 atom stereocenters. The van der Waals surface area contributed by atoms with Crippen molar-refractivity contribution in [2.75, 3.05) is 13.7 Å². The van der Waals surface area contributed by atoms with Crippen molar-refractivity contribution in [3.05, 3.63) is 12.2 Å². The zero-order chi connectivity index (χ0) is 13.9. The number of ether oxygens (including phenoxy) is 3. The van der Waals surface area contributed by atoms with Crippen LogP contribution in [0.4, 0.5) is 0 Å². The van der Waals surface area contributed by atoms with E-state index in [1.165, 1.54) is 7.11 Å². The Balaban J connectivity index is 2.62. The highest BCUT2D eigenvalue weighted by molar-refractivity contribution is 5.86. The summed E-state index contributed by atoms with van der Waals surface area (Å²) in [6, 6.07) is -0.525. The highest BCUT2D eigenvalue weighted by Gasteiger charge is 2.42. The van der Waals surface area contributed by atoms with Gasteiger partial charge in [-0.2, -0.15) is 0 Å². The quantitative estimate of drug-likeness (QED) is 0.527. The van der Waals surface area contributed by atoms with Gasteiger partial charge >= 0.3 is 5.97 Å². The standard InChI is InChI=1S/C12H21NO5/c1-6(2)12(15)17-5-8-11(16-4)10(14)9(13)7(3)18-8/h7-11,14H,1,5,13H2,2-4H3/t7-,8?,9?,10+,11?/m0/s1. The minimum atomic E-state index is -0.854. The number of carbonyl (C=O) groups excluding carboxylic acids is 1. The Kier molecular flexibility index (Phi) is 5.28. The third-order valence-electron chi connectivity index (χ3n) is 3.03. The Labute approximate surface area is 107 Å². The van der Waals surface area contributed by atoms with Crippen molar-refractivity contribution in [1.29, 1.82) is 0 Å². The minimum absolute atomic E-state index is 0.00167. The molecule has 1 heterocycles. The third-order valence-corrected chi connectivity index (χ3v) is 3.03. The van der Waals surface area contributed by atoms with Crippen LogP contribution in [-0.4, -0.2) is 55.3 Å². The monoisotopic (exact) mass is 259 g/mol. The molecule has 0 aromatic rings. The van der Waals surface area contributed by atoms with Gasteiger partial charge in [-0.05, 0) is 13.8 Å². The van der Waals surface area contributed by atoms with Gasteiger partial charge < -0.3 is 25.1 Å². The second-order valence-electron chi connectivity index (χ2n) is 4.53. The van der Waals surface area contributed by atoms with Gasteiger partial charge in [0.2, 0.25) is 0 Å². The first-order chi connectivity index (χ1) is 8.38. The summed E-state index contributed by atoms with van der Waals surface area (Å²) in [7, 11) is 1.45. The van der Waals surface area contributed by atoms with E-state index >= 15 is 0 Å². The van der Waals surface area contributed by atoms with Crippen molar-refractivity contribution in [1.82, 2.24) is 0 Å². The van der Waals surface area contributed by atoms with Gasteiger partial charge in [0, 0.05) is 12.7 Å². The number of esters is 1. The molecule has 6 nitrogen and oxygen atoms in total. The molecule has 104 valence electrons. The fraction of sp³-hybridized carbons (Fsp3) is 0.750. The second kappa shape index (κ2) is 6.29. The fourth-order valence-corrected chi connectivity index (χ4v) is 1.87. The van der Waals surface area contributed by atoms with E-state index in [1.54, 1.807) is 13.8 Å². The van der Waals surface area contributed by atoms with Crippen LogP contribution in [0.2, 0.25) is 0 Å². The molecule has 1 aliphatic heterocycles. The van der Waals surface area contributed by atoms with E-state index in [9.17, 15) is 9.90 Å². The normalized spacial score (nSPS) is 36.2. The molecule has 0 amide bonds. The molecule has 0 aliphatic carbocycles. The van der Waals surface area contributed by atoms with Crippen LogP contribution in [0.15, 0.2) is 12.2 Å². The molecular weight excluding hydrogens is 238 g/mol. The maximum Gasteiger partial charge on any atom is 0.333 e. The van der Waals surface area contributed by atoms with Gasteiger partial charge in [0.15, 0.2) is 0 Å². The molecule has 1 rings (SSSR count). The first kappa shape index (κ1) is 15.1.